The van der Waals surface area contributed by atoms with E-state index in [1.54, 1.807) is 12.3 Å². The van der Waals surface area contributed by atoms with Crippen molar-refractivity contribution >= 4 is 12.3 Å². The van der Waals surface area contributed by atoms with E-state index in [0.717, 1.165) is 5.56 Å². The summed E-state index contributed by atoms with van der Waals surface area (Å²) >= 11 is 0. The molecule has 0 bridgehead atoms. The van der Waals surface area contributed by atoms with E-state index in [4.69, 9.17) is 9.47 Å². The van der Waals surface area contributed by atoms with E-state index in [1.165, 1.54) is 12.5 Å². The third-order valence-electron chi connectivity index (χ3n) is 2.08. The first-order chi connectivity index (χ1) is 8.84. The molecule has 1 N–H and O–H groups in total. The van der Waals surface area contributed by atoms with Crippen LogP contribution in [0.25, 0.3) is 0 Å². The number of benzene rings is 1. The van der Waals surface area contributed by atoms with Gasteiger partial charge in [0.05, 0.1) is 12.5 Å². The van der Waals surface area contributed by atoms with Crippen LogP contribution in [0.1, 0.15) is 5.56 Å². The minimum Gasteiger partial charge on any atom is -0.447 e. The zero-order valence-electron chi connectivity index (χ0n) is 9.58. The molecule has 0 fully saturated rings. The Balaban J connectivity index is 1.80. The molecule has 5 heteroatoms. The van der Waals surface area contributed by atoms with Crippen LogP contribution in [0, 0.1) is 0 Å². The van der Waals surface area contributed by atoms with Crippen molar-refractivity contribution in [1.29, 1.82) is 0 Å². The highest BCUT2D eigenvalue weighted by molar-refractivity contribution is 5.72. The summed E-state index contributed by atoms with van der Waals surface area (Å²) in [6.07, 6.45) is 5.38. The lowest BCUT2D eigenvalue weighted by molar-refractivity contribution is 0.136. The molecular formula is C13H12N2O3. The molecule has 0 aromatic heterocycles. The number of nitrogens with zero attached hydrogens (tertiary/aromatic N) is 1. The molecule has 0 unspecified atom stereocenters. The van der Waals surface area contributed by atoms with Gasteiger partial charge in [0, 0.05) is 6.21 Å². The van der Waals surface area contributed by atoms with E-state index < -0.39 is 6.09 Å². The lowest BCUT2D eigenvalue weighted by Gasteiger charge is -2.08. The Labute approximate surface area is 104 Å². The highest BCUT2D eigenvalue weighted by Crippen LogP contribution is 2.02. The summed E-state index contributed by atoms with van der Waals surface area (Å²) in [6, 6.07) is 9.42. The van der Waals surface area contributed by atoms with Crippen molar-refractivity contribution in [2.24, 2.45) is 4.99 Å². The topological polar surface area (TPSA) is 59.9 Å². The number of allylic oxidation sites excluding steroid dienone is 1. The van der Waals surface area contributed by atoms with Gasteiger partial charge in [0.15, 0.2) is 0 Å². The Morgan fingerprint density at radius 2 is 2.17 bits per heavy atom. The number of aliphatic imine (C=N–C) groups is 1. The standard InChI is InChI=1S/C13H12N2O3/c16-13(15-12-9-14-7-4-8-17-12)18-10-11-5-2-1-3-6-11/h1-9H,10H2,(H,15,16). The average molecular weight is 244 g/mol. The lowest BCUT2D eigenvalue weighted by Crippen LogP contribution is -2.24. The Hall–Kier alpha value is -2.56. The molecule has 0 saturated heterocycles. The Kier molecular flexibility index (Phi) is 4.13. The molecule has 18 heavy (non-hydrogen) atoms. The van der Waals surface area contributed by atoms with Crippen LogP contribution in [0.15, 0.2) is 59.7 Å². The monoisotopic (exact) mass is 244 g/mol. The molecule has 0 atom stereocenters. The van der Waals surface area contributed by atoms with Crippen LogP contribution in [0.3, 0.4) is 0 Å². The normalized spacial score (nSPS) is 13.2. The predicted molar refractivity (Wildman–Crippen MR) is 66.6 cm³/mol. The molecule has 0 aliphatic carbocycles. The Morgan fingerprint density at radius 3 is 3.00 bits per heavy atom. The number of ether oxygens (including phenoxy) is 2. The Bertz CT molecular complexity index is 492. The van der Waals surface area contributed by atoms with Crippen LogP contribution in [-0.2, 0) is 16.1 Å². The fourth-order valence-corrected chi connectivity index (χ4v) is 1.26. The van der Waals surface area contributed by atoms with Crippen molar-refractivity contribution in [3.05, 3.63) is 60.3 Å². The van der Waals surface area contributed by atoms with Crippen LogP contribution in [-0.4, -0.2) is 12.3 Å². The van der Waals surface area contributed by atoms with E-state index >= 15 is 0 Å². The van der Waals surface area contributed by atoms with E-state index in [2.05, 4.69) is 10.3 Å². The number of amides is 1. The zero-order chi connectivity index (χ0) is 12.6. The van der Waals surface area contributed by atoms with Gasteiger partial charge in [0.25, 0.3) is 0 Å². The lowest BCUT2D eigenvalue weighted by atomic mass is 10.2. The largest absolute Gasteiger partial charge is 0.447 e. The molecule has 0 saturated carbocycles. The van der Waals surface area contributed by atoms with Gasteiger partial charge in [-0.2, -0.15) is 0 Å². The second kappa shape index (κ2) is 6.24. The molecular weight excluding hydrogens is 232 g/mol. The molecule has 1 heterocycles. The maximum Gasteiger partial charge on any atom is 0.414 e. The average Bonchev–Trinajstić information content (AvgIpc) is 2.66. The molecule has 0 spiro atoms. The summed E-state index contributed by atoms with van der Waals surface area (Å²) in [4.78, 5) is 15.3. The second-order valence-electron chi connectivity index (χ2n) is 3.42. The number of hydrogen-bond acceptors (Lipinski definition) is 4. The summed E-state index contributed by atoms with van der Waals surface area (Å²) in [5.74, 6) is 0.220. The van der Waals surface area contributed by atoms with Crippen LogP contribution >= 0.6 is 0 Å². The van der Waals surface area contributed by atoms with Crippen molar-refractivity contribution in [1.82, 2.24) is 5.32 Å². The van der Waals surface area contributed by atoms with Gasteiger partial charge >= 0.3 is 6.09 Å². The molecule has 5 nitrogen and oxygen atoms in total. The van der Waals surface area contributed by atoms with Gasteiger partial charge < -0.3 is 9.47 Å². The maximum atomic E-state index is 11.5. The fraction of sp³-hybridized carbons (Fsp3) is 0.0769. The number of nitrogens with one attached hydrogen (secondary N) is 1. The van der Waals surface area contributed by atoms with Crippen LogP contribution in [0.2, 0.25) is 0 Å². The SMILES string of the molecule is O=C(NC1=CN=CC=CO1)OCc1ccccc1. The van der Waals surface area contributed by atoms with Crippen molar-refractivity contribution in [2.75, 3.05) is 0 Å². The molecule has 1 amide bonds. The predicted octanol–water partition coefficient (Wildman–Crippen LogP) is 2.33. The van der Waals surface area contributed by atoms with Gasteiger partial charge in [-0.15, -0.1) is 0 Å². The van der Waals surface area contributed by atoms with Gasteiger partial charge in [0.2, 0.25) is 5.88 Å². The van der Waals surface area contributed by atoms with Crippen molar-refractivity contribution in [2.45, 2.75) is 6.61 Å². The number of carbonyl (C=O) groups is 1. The third kappa shape index (κ3) is 3.79. The first-order valence-corrected chi connectivity index (χ1v) is 5.37. The number of rotatable bonds is 3. The number of hydrogen-bond donors (Lipinski definition) is 1. The summed E-state index contributed by atoms with van der Waals surface area (Å²) in [5.41, 5.74) is 0.918. The molecule has 1 aliphatic heterocycles. The summed E-state index contributed by atoms with van der Waals surface area (Å²) in [5, 5.41) is 2.44. The summed E-state index contributed by atoms with van der Waals surface area (Å²) in [7, 11) is 0. The van der Waals surface area contributed by atoms with E-state index in [9.17, 15) is 4.79 Å². The van der Waals surface area contributed by atoms with E-state index in [0.29, 0.717) is 0 Å². The van der Waals surface area contributed by atoms with Gasteiger partial charge in [-0.3, -0.25) is 10.3 Å². The summed E-state index contributed by atoms with van der Waals surface area (Å²) < 4.78 is 10.1. The van der Waals surface area contributed by atoms with E-state index in [1.807, 2.05) is 30.3 Å². The van der Waals surface area contributed by atoms with Gasteiger partial charge in [0.1, 0.15) is 6.61 Å². The first kappa shape index (κ1) is 11.9. The van der Waals surface area contributed by atoms with Crippen molar-refractivity contribution in [3.63, 3.8) is 0 Å². The maximum absolute atomic E-state index is 11.5. The highest BCUT2D eigenvalue weighted by atomic mass is 16.6. The van der Waals surface area contributed by atoms with Crippen LogP contribution in [0.5, 0.6) is 0 Å². The molecule has 0 radical (unpaired) electrons. The molecule has 92 valence electrons. The number of alkyl carbamates (subject to hydrolysis) is 1. The first-order valence-electron chi connectivity index (χ1n) is 5.37. The quantitative estimate of drug-likeness (QED) is 0.887. The molecule has 1 aromatic rings. The van der Waals surface area contributed by atoms with Crippen LogP contribution < -0.4 is 5.32 Å². The Morgan fingerprint density at radius 1 is 1.33 bits per heavy atom. The van der Waals surface area contributed by atoms with Crippen molar-refractivity contribution in [3.8, 4) is 0 Å². The minimum absolute atomic E-state index is 0.207. The smallest absolute Gasteiger partial charge is 0.414 e. The minimum atomic E-state index is -0.587. The van der Waals surface area contributed by atoms with Gasteiger partial charge in [-0.05, 0) is 11.6 Å². The zero-order valence-corrected chi connectivity index (χ0v) is 9.58. The number of carbonyl (C=O) groups excluding carboxylic acids is 1. The third-order valence-corrected chi connectivity index (χ3v) is 2.08. The van der Waals surface area contributed by atoms with E-state index in [-0.39, 0.29) is 12.5 Å². The second-order valence-corrected chi connectivity index (χ2v) is 3.42. The van der Waals surface area contributed by atoms with Gasteiger partial charge in [-0.25, -0.2) is 4.79 Å². The van der Waals surface area contributed by atoms with Crippen molar-refractivity contribution < 1.29 is 14.3 Å². The molecule has 1 aromatic carbocycles. The fourth-order valence-electron chi connectivity index (χ4n) is 1.26. The van der Waals surface area contributed by atoms with Crippen LogP contribution in [0.4, 0.5) is 4.79 Å². The molecule has 2 rings (SSSR count). The summed E-state index contributed by atoms with van der Waals surface area (Å²) in [6.45, 7) is 0.207. The van der Waals surface area contributed by atoms with Gasteiger partial charge in [-0.1, -0.05) is 30.3 Å². The molecule has 1 aliphatic rings. The highest BCUT2D eigenvalue weighted by Gasteiger charge is 2.06.